The molecule has 0 saturated heterocycles. The fourth-order valence-electron chi connectivity index (χ4n) is 4.03. The summed E-state index contributed by atoms with van der Waals surface area (Å²) in [5.74, 6) is -0.455. The van der Waals surface area contributed by atoms with Crippen LogP contribution in [-0.4, -0.2) is 34.1 Å². The van der Waals surface area contributed by atoms with Crippen molar-refractivity contribution >= 4 is 0 Å². The van der Waals surface area contributed by atoms with Crippen molar-refractivity contribution in [3.63, 3.8) is 0 Å². The summed E-state index contributed by atoms with van der Waals surface area (Å²) in [6.45, 7) is -1.48. The number of hydrogen-bond donors (Lipinski definition) is 1. The Kier molecular flexibility index (Phi) is 2.70. The van der Waals surface area contributed by atoms with Gasteiger partial charge >= 0.3 is 0 Å². The fourth-order valence-corrected chi connectivity index (χ4v) is 4.03. The van der Waals surface area contributed by atoms with Gasteiger partial charge in [-0.15, -0.1) is 0 Å². The molecule has 0 bridgehead atoms. The molecular weight excluding hydrogens is 274 g/mol. The van der Waals surface area contributed by atoms with Crippen LogP contribution in [-0.2, 0) is 0 Å². The van der Waals surface area contributed by atoms with Crippen molar-refractivity contribution in [2.24, 2.45) is 11.3 Å². The Balaban J connectivity index is 1.86. The minimum Gasteiger partial charge on any atom is -0.393 e. The van der Waals surface area contributed by atoms with E-state index < -0.39 is 30.8 Å². The number of aliphatic hydroxyl groups is 1. The van der Waals surface area contributed by atoms with E-state index in [9.17, 15) is 13.9 Å². The summed E-state index contributed by atoms with van der Waals surface area (Å²) in [5, 5.41) is 10.2. The van der Waals surface area contributed by atoms with Crippen LogP contribution in [0.2, 0.25) is 0 Å². The van der Waals surface area contributed by atoms with Crippen molar-refractivity contribution in [1.29, 1.82) is 0 Å². The number of aliphatic hydroxyl groups excluding tert-OH is 1. The Bertz CT molecular complexity index is 680. The molecule has 2 heterocycles. The van der Waals surface area contributed by atoms with Crippen molar-refractivity contribution in [2.45, 2.75) is 18.6 Å². The minimum atomic E-state index is -1.07. The van der Waals surface area contributed by atoms with Gasteiger partial charge in [0, 0.05) is 16.9 Å². The largest absolute Gasteiger partial charge is 0.393 e. The van der Waals surface area contributed by atoms with Crippen molar-refractivity contribution < 1.29 is 13.9 Å². The maximum Gasteiger partial charge on any atom is 0.0981 e. The van der Waals surface area contributed by atoms with E-state index in [-0.39, 0.29) is 12.5 Å². The van der Waals surface area contributed by atoms with Gasteiger partial charge in [-0.05, 0) is 12.0 Å². The molecule has 1 aromatic heterocycles. The molecular formula is C16H16F2N2O. The Morgan fingerprint density at radius 3 is 2.76 bits per heavy atom. The lowest BCUT2D eigenvalue weighted by atomic mass is 9.56. The van der Waals surface area contributed by atoms with Gasteiger partial charge in [-0.2, -0.15) is 0 Å². The van der Waals surface area contributed by atoms with Crippen molar-refractivity contribution in [1.82, 2.24) is 9.55 Å². The molecule has 5 heteroatoms. The standard InChI is InChI=1S/C16H16F2N2O/c17-7-16(8-18)5-13(21)14(16)15-11-4-2-1-3-10(11)12-6-19-9-20(12)15/h1-4,6,9,13-15,21H,5,7-8H2/t13-,14-,15-/m1/s1. The van der Waals surface area contributed by atoms with E-state index in [1.54, 1.807) is 12.5 Å². The molecule has 0 amide bonds. The van der Waals surface area contributed by atoms with E-state index in [2.05, 4.69) is 4.98 Å². The minimum absolute atomic E-state index is 0.188. The highest BCUT2D eigenvalue weighted by atomic mass is 19.1. The lowest BCUT2D eigenvalue weighted by Crippen LogP contribution is -2.57. The van der Waals surface area contributed by atoms with Crippen LogP contribution in [0.1, 0.15) is 18.0 Å². The molecule has 0 radical (unpaired) electrons. The molecule has 1 saturated carbocycles. The number of benzene rings is 1. The van der Waals surface area contributed by atoms with Gasteiger partial charge in [0.25, 0.3) is 0 Å². The summed E-state index contributed by atoms with van der Waals surface area (Å²) in [6, 6.07) is 7.57. The maximum absolute atomic E-state index is 13.5. The maximum atomic E-state index is 13.5. The van der Waals surface area contributed by atoms with E-state index in [0.29, 0.717) is 0 Å². The molecule has 4 rings (SSSR count). The van der Waals surface area contributed by atoms with Crippen LogP contribution in [0.15, 0.2) is 36.8 Å². The van der Waals surface area contributed by atoms with Crippen LogP contribution < -0.4 is 0 Å². The van der Waals surface area contributed by atoms with E-state index in [1.165, 1.54) is 0 Å². The average Bonchev–Trinajstić information content (AvgIpc) is 3.08. The van der Waals surface area contributed by atoms with Crippen LogP contribution >= 0.6 is 0 Å². The summed E-state index contributed by atoms with van der Waals surface area (Å²) in [7, 11) is 0. The third-order valence-corrected chi connectivity index (χ3v) is 5.13. The van der Waals surface area contributed by atoms with Crippen LogP contribution in [0, 0.1) is 11.3 Å². The van der Waals surface area contributed by atoms with E-state index in [4.69, 9.17) is 0 Å². The first kappa shape index (κ1) is 13.0. The molecule has 0 unspecified atom stereocenters. The van der Waals surface area contributed by atoms with Gasteiger partial charge in [0.05, 0.1) is 43.7 Å². The number of halogens is 2. The Hall–Kier alpha value is -1.75. The molecule has 110 valence electrons. The van der Waals surface area contributed by atoms with Gasteiger partial charge < -0.3 is 9.67 Å². The number of hydrogen-bond acceptors (Lipinski definition) is 2. The molecule has 2 aliphatic rings. The normalized spacial score (nSPS) is 28.8. The Morgan fingerprint density at radius 1 is 1.29 bits per heavy atom. The lowest BCUT2D eigenvalue weighted by Gasteiger charge is -2.53. The second kappa shape index (κ2) is 4.37. The number of aromatic nitrogens is 2. The SMILES string of the molecule is O[C@@H]1CC(CF)(CF)[C@H]1[C@H]1c2ccccc2-c2cncn21. The first-order chi connectivity index (χ1) is 10.2. The monoisotopic (exact) mass is 290 g/mol. The van der Waals surface area contributed by atoms with Gasteiger partial charge in [0.15, 0.2) is 0 Å². The van der Waals surface area contributed by atoms with Gasteiger partial charge in [-0.25, -0.2) is 4.98 Å². The number of alkyl halides is 2. The molecule has 1 aliphatic heterocycles. The quantitative estimate of drug-likeness (QED) is 0.944. The molecule has 1 aliphatic carbocycles. The first-order valence-corrected chi connectivity index (χ1v) is 7.13. The van der Waals surface area contributed by atoms with Crippen LogP contribution in [0.25, 0.3) is 11.3 Å². The van der Waals surface area contributed by atoms with Crippen LogP contribution in [0.5, 0.6) is 0 Å². The molecule has 3 atom stereocenters. The third-order valence-electron chi connectivity index (χ3n) is 5.13. The molecule has 1 N–H and O–H groups in total. The zero-order valence-corrected chi connectivity index (χ0v) is 11.4. The molecule has 21 heavy (non-hydrogen) atoms. The van der Waals surface area contributed by atoms with Crippen LogP contribution in [0.4, 0.5) is 8.78 Å². The van der Waals surface area contributed by atoms with Crippen LogP contribution in [0.3, 0.4) is 0 Å². The highest BCUT2D eigenvalue weighted by Crippen LogP contribution is 2.57. The highest BCUT2D eigenvalue weighted by molar-refractivity contribution is 5.69. The van der Waals surface area contributed by atoms with Crippen molar-refractivity contribution in [3.8, 4) is 11.3 Å². The molecule has 1 aromatic carbocycles. The second-order valence-electron chi connectivity index (χ2n) is 6.15. The predicted molar refractivity (Wildman–Crippen MR) is 74.3 cm³/mol. The molecule has 1 fully saturated rings. The van der Waals surface area contributed by atoms with Gasteiger partial charge in [-0.3, -0.25) is 8.78 Å². The lowest BCUT2D eigenvalue weighted by molar-refractivity contribution is -0.143. The fraction of sp³-hybridized carbons (Fsp3) is 0.438. The number of nitrogens with zero attached hydrogens (tertiary/aromatic N) is 2. The Labute approximate surface area is 121 Å². The van der Waals surface area contributed by atoms with E-state index in [1.807, 2.05) is 28.8 Å². The van der Waals surface area contributed by atoms with E-state index in [0.717, 1.165) is 16.8 Å². The summed E-state index contributed by atoms with van der Waals surface area (Å²) in [5.41, 5.74) is 1.93. The summed E-state index contributed by atoms with van der Waals surface area (Å²) >= 11 is 0. The van der Waals surface area contributed by atoms with Gasteiger partial charge in [-0.1, -0.05) is 24.3 Å². The smallest absolute Gasteiger partial charge is 0.0981 e. The number of fused-ring (bicyclic) bond motifs is 3. The molecule has 2 aromatic rings. The molecule has 3 nitrogen and oxygen atoms in total. The molecule has 0 spiro atoms. The second-order valence-corrected chi connectivity index (χ2v) is 6.15. The highest BCUT2D eigenvalue weighted by Gasteiger charge is 2.59. The third kappa shape index (κ3) is 1.52. The van der Waals surface area contributed by atoms with Crippen molar-refractivity contribution in [3.05, 3.63) is 42.4 Å². The summed E-state index contributed by atoms with van der Waals surface area (Å²) < 4.78 is 28.9. The van der Waals surface area contributed by atoms with Gasteiger partial charge in [0.2, 0.25) is 0 Å². The first-order valence-electron chi connectivity index (χ1n) is 7.13. The Morgan fingerprint density at radius 2 is 2.05 bits per heavy atom. The number of imidazole rings is 1. The topological polar surface area (TPSA) is 38.1 Å². The van der Waals surface area contributed by atoms with Gasteiger partial charge in [0.1, 0.15) is 0 Å². The van der Waals surface area contributed by atoms with E-state index >= 15 is 0 Å². The average molecular weight is 290 g/mol. The summed E-state index contributed by atoms with van der Waals surface area (Å²) in [6.07, 6.45) is 2.96. The van der Waals surface area contributed by atoms with Crippen molar-refractivity contribution in [2.75, 3.05) is 13.3 Å². The number of rotatable bonds is 3. The zero-order valence-electron chi connectivity index (χ0n) is 11.4. The summed E-state index contributed by atoms with van der Waals surface area (Å²) in [4.78, 5) is 4.15. The zero-order chi connectivity index (χ0) is 14.6. The predicted octanol–water partition coefficient (Wildman–Crippen LogP) is 2.76.